The topological polar surface area (TPSA) is 37.4 Å². The summed E-state index contributed by atoms with van der Waals surface area (Å²) in [7, 11) is 0. The highest BCUT2D eigenvalue weighted by molar-refractivity contribution is 9.12. The Morgan fingerprint density at radius 3 is 1.92 bits per heavy atom. The largest absolute Gasteiger partial charge is 0.274 e. The summed E-state index contributed by atoms with van der Waals surface area (Å²) < 4.78 is 1.95. The lowest BCUT2D eigenvalue weighted by molar-refractivity contribution is 0.0651. The fourth-order valence-electron chi connectivity index (χ4n) is 3.10. The summed E-state index contributed by atoms with van der Waals surface area (Å²) in [5.74, 6) is -0.306. The van der Waals surface area contributed by atoms with Crippen molar-refractivity contribution in [2.45, 2.75) is 45.4 Å². The highest BCUT2D eigenvalue weighted by Crippen LogP contribution is 2.41. The Kier molecular flexibility index (Phi) is 5.78. The SMILES string of the molecule is CCCCCCCCN1C(=O)c2cc3c(Br)sc(Br)c3cc2C1=O. The van der Waals surface area contributed by atoms with Gasteiger partial charge in [0.2, 0.25) is 0 Å². The van der Waals surface area contributed by atoms with E-state index in [0.717, 1.165) is 31.2 Å². The Morgan fingerprint density at radius 1 is 0.875 bits per heavy atom. The molecule has 0 radical (unpaired) electrons. The van der Waals surface area contributed by atoms with Crippen LogP contribution in [0.15, 0.2) is 19.7 Å². The fourth-order valence-corrected chi connectivity index (χ4v) is 6.10. The molecule has 3 nitrogen and oxygen atoms in total. The number of fused-ring (bicyclic) bond motifs is 2. The molecule has 2 aromatic rings. The molecule has 1 aromatic heterocycles. The number of hydrogen-bond donors (Lipinski definition) is 0. The Morgan fingerprint density at radius 2 is 1.38 bits per heavy atom. The molecule has 2 amide bonds. The van der Waals surface area contributed by atoms with E-state index in [9.17, 15) is 9.59 Å². The van der Waals surface area contributed by atoms with Crippen LogP contribution in [-0.2, 0) is 0 Å². The Bertz CT molecular complexity index is 744. The van der Waals surface area contributed by atoms with Crippen molar-refractivity contribution in [1.29, 1.82) is 0 Å². The first-order valence-corrected chi connectivity index (χ1v) is 10.7. The molecule has 0 N–H and O–H groups in total. The Hall–Kier alpha value is -0.720. The number of benzene rings is 1. The van der Waals surface area contributed by atoms with Gasteiger partial charge in [-0.2, -0.15) is 0 Å². The predicted molar refractivity (Wildman–Crippen MR) is 106 cm³/mol. The second-order valence-corrected chi connectivity index (χ2v) is 9.78. The van der Waals surface area contributed by atoms with E-state index in [1.54, 1.807) is 11.3 Å². The van der Waals surface area contributed by atoms with Crippen LogP contribution in [0.2, 0.25) is 0 Å². The number of hydrogen-bond acceptors (Lipinski definition) is 3. The van der Waals surface area contributed by atoms with Gasteiger partial charge in [0.1, 0.15) is 0 Å². The molecule has 0 fully saturated rings. The lowest BCUT2D eigenvalue weighted by Gasteiger charge is -2.13. The Labute approximate surface area is 162 Å². The Balaban J connectivity index is 1.74. The number of rotatable bonds is 7. The zero-order chi connectivity index (χ0) is 17.3. The second-order valence-electron chi connectivity index (χ2n) is 6.12. The van der Waals surface area contributed by atoms with E-state index < -0.39 is 0 Å². The van der Waals surface area contributed by atoms with Crippen LogP contribution in [0, 0.1) is 0 Å². The molecule has 0 unspecified atom stereocenters. The van der Waals surface area contributed by atoms with Gasteiger partial charge in [0.25, 0.3) is 11.8 Å². The van der Waals surface area contributed by atoms with Gasteiger partial charge in [-0.25, -0.2) is 0 Å². The monoisotopic (exact) mass is 471 g/mol. The number of thiophene rings is 1. The van der Waals surface area contributed by atoms with E-state index in [0.29, 0.717) is 17.7 Å². The van der Waals surface area contributed by atoms with E-state index in [-0.39, 0.29) is 11.8 Å². The number of amides is 2. The van der Waals surface area contributed by atoms with Gasteiger partial charge < -0.3 is 0 Å². The molecule has 6 heteroatoms. The van der Waals surface area contributed by atoms with Crippen molar-refractivity contribution in [2.24, 2.45) is 0 Å². The molecule has 0 aliphatic carbocycles. The van der Waals surface area contributed by atoms with Gasteiger partial charge in [0.05, 0.1) is 18.7 Å². The average molecular weight is 473 g/mol. The summed E-state index contributed by atoms with van der Waals surface area (Å²) in [5, 5.41) is 1.96. The number of carbonyl (C=O) groups is 2. The number of imide groups is 1. The summed E-state index contributed by atoms with van der Waals surface area (Å²) in [6, 6.07) is 3.69. The molecular weight excluding hydrogens is 454 g/mol. The lowest BCUT2D eigenvalue weighted by Crippen LogP contribution is -2.30. The van der Waals surface area contributed by atoms with Crippen LogP contribution < -0.4 is 0 Å². The third-order valence-electron chi connectivity index (χ3n) is 4.45. The second kappa shape index (κ2) is 7.67. The van der Waals surface area contributed by atoms with E-state index in [4.69, 9.17) is 0 Å². The van der Waals surface area contributed by atoms with Gasteiger partial charge >= 0.3 is 0 Å². The number of unbranched alkanes of at least 4 members (excludes halogenated alkanes) is 5. The molecule has 0 bridgehead atoms. The minimum Gasteiger partial charge on any atom is -0.274 e. The van der Waals surface area contributed by atoms with Crippen LogP contribution in [0.5, 0.6) is 0 Å². The summed E-state index contributed by atoms with van der Waals surface area (Å²) in [6.07, 6.45) is 6.84. The van der Waals surface area contributed by atoms with E-state index in [1.165, 1.54) is 30.6 Å². The highest BCUT2D eigenvalue weighted by atomic mass is 79.9. The van der Waals surface area contributed by atoms with Crippen molar-refractivity contribution < 1.29 is 9.59 Å². The van der Waals surface area contributed by atoms with Crippen molar-refractivity contribution in [2.75, 3.05) is 6.54 Å². The number of carbonyl (C=O) groups excluding carboxylic acids is 2. The van der Waals surface area contributed by atoms with Crippen molar-refractivity contribution >= 4 is 65.8 Å². The predicted octanol–water partition coefficient (Wildman–Crippen LogP) is 6.38. The average Bonchev–Trinajstić information content (AvgIpc) is 2.97. The molecule has 3 rings (SSSR count). The molecule has 2 heterocycles. The smallest absolute Gasteiger partial charge is 0.261 e. The maximum absolute atomic E-state index is 12.6. The van der Waals surface area contributed by atoms with Gasteiger partial charge in [-0.15, -0.1) is 11.3 Å². The van der Waals surface area contributed by atoms with Crippen LogP contribution in [0.3, 0.4) is 0 Å². The molecular formula is C18H19Br2NO2S. The first-order valence-electron chi connectivity index (χ1n) is 8.32. The fraction of sp³-hybridized carbons (Fsp3) is 0.444. The first kappa shape index (κ1) is 18.1. The van der Waals surface area contributed by atoms with Crippen LogP contribution in [0.4, 0.5) is 0 Å². The van der Waals surface area contributed by atoms with Gasteiger partial charge in [-0.3, -0.25) is 14.5 Å². The lowest BCUT2D eigenvalue weighted by atomic mass is 10.1. The molecule has 0 atom stereocenters. The van der Waals surface area contributed by atoms with Gasteiger partial charge in [0.15, 0.2) is 0 Å². The number of nitrogens with zero attached hydrogens (tertiary/aromatic N) is 1. The molecule has 0 saturated heterocycles. The third kappa shape index (κ3) is 3.33. The van der Waals surface area contributed by atoms with Crippen LogP contribution in [0.1, 0.15) is 66.2 Å². The zero-order valence-electron chi connectivity index (χ0n) is 13.5. The summed E-state index contributed by atoms with van der Waals surface area (Å²) >= 11 is 8.61. The molecule has 1 aromatic carbocycles. The van der Waals surface area contributed by atoms with Crippen molar-refractivity contribution in [3.05, 3.63) is 30.8 Å². The normalized spacial score (nSPS) is 14.0. The summed E-state index contributed by atoms with van der Waals surface area (Å²) in [5.41, 5.74) is 1.06. The van der Waals surface area contributed by atoms with E-state index >= 15 is 0 Å². The third-order valence-corrected chi connectivity index (χ3v) is 7.07. The number of halogens is 2. The van der Waals surface area contributed by atoms with E-state index in [1.807, 2.05) is 12.1 Å². The van der Waals surface area contributed by atoms with Crippen molar-refractivity contribution in [1.82, 2.24) is 4.90 Å². The summed E-state index contributed by atoms with van der Waals surface area (Å²) in [4.78, 5) is 26.6. The van der Waals surface area contributed by atoms with E-state index in [2.05, 4.69) is 38.8 Å². The zero-order valence-corrected chi connectivity index (χ0v) is 17.5. The van der Waals surface area contributed by atoms with Gasteiger partial charge in [-0.1, -0.05) is 39.0 Å². The maximum Gasteiger partial charge on any atom is 0.261 e. The van der Waals surface area contributed by atoms with Crippen LogP contribution >= 0.6 is 43.2 Å². The standard InChI is InChI=1S/C18H19Br2NO2S/c1-2-3-4-5-6-7-8-21-17(22)13-9-11-12(10-14(13)18(21)23)16(20)24-15(11)19/h9-10H,2-8H2,1H3. The highest BCUT2D eigenvalue weighted by Gasteiger charge is 2.35. The van der Waals surface area contributed by atoms with Crippen molar-refractivity contribution in [3.8, 4) is 0 Å². The maximum atomic E-state index is 12.6. The summed E-state index contributed by atoms with van der Waals surface area (Å²) in [6.45, 7) is 2.72. The van der Waals surface area contributed by atoms with Gasteiger partial charge in [-0.05, 0) is 50.4 Å². The minimum absolute atomic E-state index is 0.153. The molecule has 0 spiro atoms. The van der Waals surface area contributed by atoms with Gasteiger partial charge in [0, 0.05) is 17.3 Å². The van der Waals surface area contributed by atoms with Crippen LogP contribution in [0.25, 0.3) is 10.8 Å². The molecule has 1 aliphatic rings. The quantitative estimate of drug-likeness (QED) is 0.346. The van der Waals surface area contributed by atoms with Crippen molar-refractivity contribution in [3.63, 3.8) is 0 Å². The molecule has 128 valence electrons. The molecule has 24 heavy (non-hydrogen) atoms. The molecule has 1 aliphatic heterocycles. The first-order chi connectivity index (χ1) is 11.5. The van der Waals surface area contributed by atoms with Crippen LogP contribution in [-0.4, -0.2) is 23.3 Å². The molecule has 0 saturated carbocycles. The minimum atomic E-state index is -0.153.